The second-order valence-corrected chi connectivity index (χ2v) is 8.81. The summed E-state index contributed by atoms with van der Waals surface area (Å²) in [5.74, 6) is -0.259. The van der Waals surface area contributed by atoms with E-state index < -0.39 is 11.6 Å². The van der Waals surface area contributed by atoms with Gasteiger partial charge in [-0.05, 0) is 36.8 Å². The monoisotopic (exact) mass is 496 g/mol. The second-order valence-electron chi connectivity index (χ2n) is 7.90. The fourth-order valence-electron chi connectivity index (χ4n) is 3.60. The van der Waals surface area contributed by atoms with Gasteiger partial charge in [0.25, 0.3) is 11.8 Å². The molecule has 0 radical (unpaired) electrons. The maximum Gasteiger partial charge on any atom is 0.346 e. The van der Waals surface area contributed by atoms with Crippen LogP contribution in [-0.4, -0.2) is 26.8 Å². The molecule has 178 valence electrons. The van der Waals surface area contributed by atoms with Gasteiger partial charge in [-0.2, -0.15) is 0 Å². The van der Waals surface area contributed by atoms with Crippen LogP contribution in [0.3, 0.4) is 0 Å². The lowest BCUT2D eigenvalue weighted by atomic mass is 10.1. The zero-order chi connectivity index (χ0) is 25.1. The number of amides is 2. The highest BCUT2D eigenvalue weighted by Gasteiger charge is 2.18. The van der Waals surface area contributed by atoms with Crippen LogP contribution in [0.4, 0.5) is 23.0 Å². The Balaban J connectivity index is 1.49. The second kappa shape index (κ2) is 9.80. The molecule has 5 aromatic rings. The number of hydrogen-bond donors (Lipinski definition) is 4. The Morgan fingerprint density at radius 2 is 1.72 bits per heavy atom. The summed E-state index contributed by atoms with van der Waals surface area (Å²) in [7, 11) is 0. The van der Waals surface area contributed by atoms with Gasteiger partial charge < -0.3 is 16.0 Å². The topological polar surface area (TPSA) is 129 Å². The first-order valence-electron chi connectivity index (χ1n) is 10.9. The number of para-hydroxylation sites is 1. The molecule has 0 atom stereocenters. The van der Waals surface area contributed by atoms with Crippen molar-refractivity contribution in [2.24, 2.45) is 0 Å². The van der Waals surface area contributed by atoms with Crippen LogP contribution in [0.15, 0.2) is 83.2 Å². The number of nitrogens with one attached hydrogen (secondary N) is 4. The first kappa shape index (κ1) is 22.9. The number of thiophene rings is 1. The summed E-state index contributed by atoms with van der Waals surface area (Å²) >= 11 is 1.48. The molecule has 0 unspecified atom stereocenters. The summed E-state index contributed by atoms with van der Waals surface area (Å²) < 4.78 is 0.999. The van der Waals surface area contributed by atoms with Crippen molar-refractivity contribution in [1.82, 2.24) is 15.0 Å². The molecule has 2 aromatic carbocycles. The molecule has 36 heavy (non-hydrogen) atoms. The average Bonchev–Trinajstić information content (AvgIpc) is 3.31. The Bertz CT molecular complexity index is 1660. The number of aromatic nitrogens is 3. The van der Waals surface area contributed by atoms with E-state index in [-0.39, 0.29) is 17.3 Å². The van der Waals surface area contributed by atoms with Crippen molar-refractivity contribution < 1.29 is 9.59 Å². The number of carbonyl (C=O) groups excluding carboxylic acids is 2. The lowest BCUT2D eigenvalue weighted by molar-refractivity contribution is 0.101. The van der Waals surface area contributed by atoms with E-state index in [0.29, 0.717) is 17.1 Å². The maximum atomic E-state index is 13.3. The van der Waals surface area contributed by atoms with Crippen LogP contribution in [-0.2, 0) is 0 Å². The van der Waals surface area contributed by atoms with Gasteiger partial charge in [-0.15, -0.1) is 11.3 Å². The minimum absolute atomic E-state index is 0.188. The summed E-state index contributed by atoms with van der Waals surface area (Å²) in [6.07, 6.45) is 2.68. The number of pyridine rings is 1. The number of fused-ring (bicyclic) bond motifs is 1. The molecule has 0 aliphatic heterocycles. The molecule has 0 saturated carbocycles. The largest absolute Gasteiger partial charge is 0.346 e. The Labute approximate surface area is 209 Å². The molecule has 0 bridgehead atoms. The van der Waals surface area contributed by atoms with Gasteiger partial charge in [0.1, 0.15) is 5.82 Å². The van der Waals surface area contributed by atoms with Crippen LogP contribution in [0.5, 0.6) is 0 Å². The molecule has 3 heterocycles. The van der Waals surface area contributed by atoms with Crippen molar-refractivity contribution in [2.45, 2.75) is 6.92 Å². The molecule has 2 amide bonds. The summed E-state index contributed by atoms with van der Waals surface area (Å²) in [5.41, 5.74) is 2.26. The number of benzene rings is 2. The molecular weight excluding hydrogens is 476 g/mol. The van der Waals surface area contributed by atoms with Crippen molar-refractivity contribution in [2.75, 3.05) is 16.0 Å². The first-order valence-corrected chi connectivity index (χ1v) is 11.8. The van der Waals surface area contributed by atoms with Gasteiger partial charge in [-0.1, -0.05) is 36.4 Å². The van der Waals surface area contributed by atoms with Crippen molar-refractivity contribution in [3.05, 3.63) is 106 Å². The fourth-order valence-corrected chi connectivity index (χ4v) is 4.54. The molecule has 0 fully saturated rings. The van der Waals surface area contributed by atoms with Crippen molar-refractivity contribution >= 4 is 56.2 Å². The highest BCUT2D eigenvalue weighted by atomic mass is 32.1. The minimum Gasteiger partial charge on any atom is -0.338 e. The standard InChI is InChI=1S/C26H20N6O3S/c1-15-6-2-4-8-19(15)29-23-20(30-25(34)18-14-36-21-9-5-3-7-17(18)21)12-16(13-28-23)24(33)31-22-10-11-27-26(35)32-22/h2-14H,1H3,(H,28,29)(H,30,34)(H2,27,31,32,33,35). The number of hydrogen-bond acceptors (Lipinski definition) is 7. The molecule has 5 rings (SSSR count). The maximum absolute atomic E-state index is 13.3. The lowest BCUT2D eigenvalue weighted by Crippen LogP contribution is -2.19. The number of rotatable bonds is 6. The van der Waals surface area contributed by atoms with Gasteiger partial charge in [0, 0.05) is 33.5 Å². The molecule has 0 aliphatic carbocycles. The smallest absolute Gasteiger partial charge is 0.338 e. The van der Waals surface area contributed by atoms with E-state index >= 15 is 0 Å². The third-order valence-corrected chi connectivity index (χ3v) is 6.41. The molecule has 4 N–H and O–H groups in total. The normalized spacial score (nSPS) is 10.7. The van der Waals surface area contributed by atoms with Crippen LogP contribution in [0, 0.1) is 6.92 Å². The minimum atomic E-state index is -0.584. The van der Waals surface area contributed by atoms with E-state index in [9.17, 15) is 14.4 Å². The molecule has 9 nitrogen and oxygen atoms in total. The van der Waals surface area contributed by atoms with E-state index in [1.54, 1.807) is 5.38 Å². The number of H-pyrrole nitrogens is 1. The molecule has 10 heteroatoms. The zero-order valence-electron chi connectivity index (χ0n) is 19.0. The first-order chi connectivity index (χ1) is 17.5. The van der Waals surface area contributed by atoms with E-state index in [0.717, 1.165) is 21.3 Å². The Hall–Kier alpha value is -4.83. The van der Waals surface area contributed by atoms with Crippen LogP contribution in [0.25, 0.3) is 10.1 Å². The fraction of sp³-hybridized carbons (Fsp3) is 0.0385. The van der Waals surface area contributed by atoms with E-state index in [2.05, 4.69) is 30.9 Å². The molecule has 3 aromatic heterocycles. The van der Waals surface area contributed by atoms with Crippen molar-refractivity contribution in [3.63, 3.8) is 0 Å². The highest BCUT2D eigenvalue weighted by Crippen LogP contribution is 2.30. The molecular formula is C26H20N6O3S. The Kier molecular flexibility index (Phi) is 6.25. The molecule has 0 saturated heterocycles. The van der Waals surface area contributed by atoms with Gasteiger partial charge in [-0.25, -0.2) is 14.8 Å². The summed E-state index contributed by atoms with van der Waals surface area (Å²) in [6, 6.07) is 18.3. The van der Waals surface area contributed by atoms with Crippen LogP contribution >= 0.6 is 11.3 Å². The highest BCUT2D eigenvalue weighted by molar-refractivity contribution is 7.17. The molecule has 0 spiro atoms. The van der Waals surface area contributed by atoms with Gasteiger partial charge >= 0.3 is 5.69 Å². The summed E-state index contributed by atoms with van der Waals surface area (Å²) in [5, 5.41) is 11.4. The van der Waals surface area contributed by atoms with E-state index in [1.807, 2.05) is 55.5 Å². The Morgan fingerprint density at radius 1 is 0.917 bits per heavy atom. The third-order valence-electron chi connectivity index (χ3n) is 5.44. The number of nitrogens with zero attached hydrogens (tertiary/aromatic N) is 2. The lowest BCUT2D eigenvalue weighted by Gasteiger charge is -2.15. The van der Waals surface area contributed by atoms with Crippen LogP contribution in [0.1, 0.15) is 26.3 Å². The number of anilines is 4. The third kappa shape index (κ3) is 4.84. The van der Waals surface area contributed by atoms with E-state index in [4.69, 9.17) is 0 Å². The van der Waals surface area contributed by atoms with Gasteiger partial charge in [0.05, 0.1) is 16.8 Å². The van der Waals surface area contributed by atoms with Crippen molar-refractivity contribution in [1.29, 1.82) is 0 Å². The van der Waals surface area contributed by atoms with Crippen molar-refractivity contribution in [3.8, 4) is 0 Å². The quantitative estimate of drug-likeness (QED) is 0.264. The predicted octanol–water partition coefficient (Wildman–Crippen LogP) is 4.94. The van der Waals surface area contributed by atoms with Gasteiger partial charge in [0.2, 0.25) is 0 Å². The average molecular weight is 497 g/mol. The zero-order valence-corrected chi connectivity index (χ0v) is 19.8. The van der Waals surface area contributed by atoms with Gasteiger partial charge in [0.15, 0.2) is 5.82 Å². The van der Waals surface area contributed by atoms with E-state index in [1.165, 1.54) is 35.9 Å². The summed E-state index contributed by atoms with van der Waals surface area (Å²) in [4.78, 5) is 48.0. The number of aryl methyl sites for hydroxylation is 1. The van der Waals surface area contributed by atoms with Crippen LogP contribution in [0.2, 0.25) is 0 Å². The SMILES string of the molecule is Cc1ccccc1Nc1ncc(C(=O)Nc2ccnc(=O)[nH]2)cc1NC(=O)c1csc2ccccc12. The van der Waals surface area contributed by atoms with Gasteiger partial charge in [-0.3, -0.25) is 14.6 Å². The Morgan fingerprint density at radius 3 is 2.56 bits per heavy atom. The summed E-state index contributed by atoms with van der Waals surface area (Å²) in [6.45, 7) is 1.95. The number of aromatic amines is 1. The van der Waals surface area contributed by atoms with Crippen LogP contribution < -0.4 is 21.6 Å². The predicted molar refractivity (Wildman–Crippen MR) is 141 cm³/mol. The molecule has 0 aliphatic rings. The number of carbonyl (C=O) groups is 2.